The van der Waals surface area contributed by atoms with Gasteiger partial charge in [0.05, 0.1) is 17.1 Å². The van der Waals surface area contributed by atoms with Crippen LogP contribution in [-0.4, -0.2) is 30.5 Å². The van der Waals surface area contributed by atoms with Crippen molar-refractivity contribution in [3.63, 3.8) is 0 Å². The van der Waals surface area contributed by atoms with Gasteiger partial charge in [-0.05, 0) is 31.2 Å². The molecule has 2 aromatic rings. The average molecular weight is 455 g/mol. The summed E-state index contributed by atoms with van der Waals surface area (Å²) < 4.78 is 0. The van der Waals surface area contributed by atoms with Crippen LogP contribution in [0.2, 0.25) is 10.0 Å². The van der Waals surface area contributed by atoms with Gasteiger partial charge in [0.2, 0.25) is 5.91 Å². The molecule has 0 bridgehead atoms. The van der Waals surface area contributed by atoms with Crippen LogP contribution >= 0.6 is 59.4 Å². The minimum Gasteiger partial charge on any atom is -0.352 e. The highest BCUT2D eigenvalue weighted by Gasteiger charge is 2.12. The summed E-state index contributed by atoms with van der Waals surface area (Å²) in [5.74, 6) is -0.0199. The number of rotatable bonds is 5. The number of nitrogens with one attached hydrogen (secondary N) is 2. The molecule has 4 nitrogen and oxygen atoms in total. The number of amides is 1. The minimum absolute atomic E-state index is 0. The first kappa shape index (κ1) is 23.2. The lowest BCUT2D eigenvalue weighted by atomic mass is 10.1. The number of benzene rings is 1. The molecule has 0 fully saturated rings. The van der Waals surface area contributed by atoms with Gasteiger partial charge in [0.25, 0.3) is 0 Å². The first-order valence-electron chi connectivity index (χ1n) is 7.67. The average Bonchev–Trinajstić information content (AvgIpc) is 3.02. The maximum Gasteiger partial charge on any atom is 0.226 e. The van der Waals surface area contributed by atoms with Crippen molar-refractivity contribution in [1.82, 2.24) is 15.6 Å². The van der Waals surface area contributed by atoms with Crippen molar-refractivity contribution in [3.05, 3.63) is 51.0 Å². The van der Waals surface area contributed by atoms with E-state index >= 15 is 0 Å². The van der Waals surface area contributed by atoms with Gasteiger partial charge in [0.1, 0.15) is 5.01 Å². The number of hydrogen-bond acceptors (Lipinski definition) is 4. The smallest absolute Gasteiger partial charge is 0.226 e. The topological polar surface area (TPSA) is 54.0 Å². The highest BCUT2D eigenvalue weighted by Crippen LogP contribution is 2.32. The van der Waals surface area contributed by atoms with Gasteiger partial charge >= 0.3 is 0 Å². The van der Waals surface area contributed by atoms with E-state index in [1.54, 1.807) is 12.1 Å². The van der Waals surface area contributed by atoms with Gasteiger partial charge in [-0.1, -0.05) is 34.9 Å². The molecular formula is C17H19Cl4N3OS. The SMILES string of the molecule is Cl.Cl.O=C(Cc1csc(-c2ccc(Cl)cc2Cl)n1)NCC1=CCNCC1. The fraction of sp³-hybridized carbons (Fsp3) is 0.294. The number of carbonyl (C=O) groups is 1. The highest BCUT2D eigenvalue weighted by molar-refractivity contribution is 7.13. The molecule has 3 rings (SSSR count). The maximum atomic E-state index is 12.1. The highest BCUT2D eigenvalue weighted by atomic mass is 35.5. The molecule has 0 atom stereocenters. The van der Waals surface area contributed by atoms with Crippen LogP contribution in [0.3, 0.4) is 0 Å². The summed E-state index contributed by atoms with van der Waals surface area (Å²) in [6.07, 6.45) is 3.39. The lowest BCUT2D eigenvalue weighted by Crippen LogP contribution is -2.30. The summed E-state index contributed by atoms with van der Waals surface area (Å²) in [7, 11) is 0. The van der Waals surface area contributed by atoms with Gasteiger partial charge in [-0.3, -0.25) is 4.79 Å². The van der Waals surface area contributed by atoms with E-state index in [2.05, 4.69) is 21.7 Å². The van der Waals surface area contributed by atoms with Crippen LogP contribution < -0.4 is 10.6 Å². The minimum atomic E-state index is -0.0199. The first-order chi connectivity index (χ1) is 11.6. The molecule has 9 heteroatoms. The summed E-state index contributed by atoms with van der Waals surface area (Å²) in [5, 5.41) is 10.0. The molecule has 2 N–H and O–H groups in total. The van der Waals surface area contributed by atoms with Gasteiger partial charge in [0, 0.05) is 29.1 Å². The Hall–Kier alpha value is -0.820. The van der Waals surface area contributed by atoms with Crippen LogP contribution in [0.25, 0.3) is 10.6 Å². The third-order valence-corrected chi connectivity index (χ3v) is 5.20. The Balaban J connectivity index is 0.00000169. The monoisotopic (exact) mass is 453 g/mol. The van der Waals surface area contributed by atoms with Crippen molar-refractivity contribution in [3.8, 4) is 10.6 Å². The van der Waals surface area contributed by atoms with Crippen LogP contribution in [0.15, 0.2) is 35.2 Å². The summed E-state index contributed by atoms with van der Waals surface area (Å²) in [5.41, 5.74) is 2.85. The molecule has 142 valence electrons. The predicted octanol–water partition coefficient (Wildman–Crippen LogP) is 4.54. The van der Waals surface area contributed by atoms with E-state index in [1.165, 1.54) is 16.9 Å². The fourth-order valence-corrected chi connectivity index (χ4v) is 3.86. The Morgan fingerprint density at radius 2 is 2.12 bits per heavy atom. The second kappa shape index (κ2) is 11.1. The van der Waals surface area contributed by atoms with Crippen LogP contribution in [0, 0.1) is 0 Å². The number of hydrogen-bond donors (Lipinski definition) is 2. The van der Waals surface area contributed by atoms with Crippen molar-refractivity contribution < 1.29 is 4.79 Å². The van der Waals surface area contributed by atoms with Crippen LogP contribution in [0.5, 0.6) is 0 Å². The Morgan fingerprint density at radius 3 is 2.81 bits per heavy atom. The van der Waals surface area contributed by atoms with E-state index < -0.39 is 0 Å². The van der Waals surface area contributed by atoms with E-state index in [1.807, 2.05) is 11.4 Å². The van der Waals surface area contributed by atoms with Crippen molar-refractivity contribution in [2.75, 3.05) is 19.6 Å². The molecule has 0 saturated carbocycles. The Bertz CT molecular complexity index is 779. The lowest BCUT2D eigenvalue weighted by molar-refractivity contribution is -0.120. The predicted molar refractivity (Wildman–Crippen MR) is 114 cm³/mol. The van der Waals surface area contributed by atoms with E-state index in [4.69, 9.17) is 23.2 Å². The molecule has 1 aliphatic heterocycles. The Labute approximate surface area is 179 Å². The molecule has 0 saturated heterocycles. The third kappa shape index (κ3) is 6.41. The third-order valence-electron chi connectivity index (χ3n) is 3.73. The summed E-state index contributed by atoms with van der Waals surface area (Å²) in [4.78, 5) is 16.6. The summed E-state index contributed by atoms with van der Waals surface area (Å²) in [6.45, 7) is 2.46. The van der Waals surface area contributed by atoms with Crippen molar-refractivity contribution in [2.24, 2.45) is 0 Å². The largest absolute Gasteiger partial charge is 0.352 e. The van der Waals surface area contributed by atoms with E-state index in [0.717, 1.165) is 35.8 Å². The Kier molecular flexibility index (Phi) is 9.93. The van der Waals surface area contributed by atoms with Crippen molar-refractivity contribution >= 4 is 65.3 Å². The molecule has 0 radical (unpaired) electrons. The molecule has 1 aromatic heterocycles. The van der Waals surface area contributed by atoms with E-state index in [-0.39, 0.29) is 37.1 Å². The molecular weight excluding hydrogens is 436 g/mol. The summed E-state index contributed by atoms with van der Waals surface area (Å²) >= 11 is 13.6. The van der Waals surface area contributed by atoms with Crippen LogP contribution in [0.4, 0.5) is 0 Å². The molecule has 1 aliphatic rings. The second-order valence-corrected chi connectivity index (χ2v) is 7.24. The number of thiazole rings is 1. The van der Waals surface area contributed by atoms with Gasteiger partial charge in [-0.25, -0.2) is 4.98 Å². The molecule has 0 unspecified atom stereocenters. The van der Waals surface area contributed by atoms with Gasteiger partial charge in [-0.2, -0.15) is 0 Å². The second-order valence-electron chi connectivity index (χ2n) is 5.54. The fourth-order valence-electron chi connectivity index (χ4n) is 2.44. The zero-order valence-electron chi connectivity index (χ0n) is 13.8. The number of nitrogens with zero attached hydrogens (tertiary/aromatic N) is 1. The Morgan fingerprint density at radius 1 is 1.31 bits per heavy atom. The number of halogens is 4. The molecule has 26 heavy (non-hydrogen) atoms. The van der Waals surface area contributed by atoms with Gasteiger partial charge in [-0.15, -0.1) is 36.2 Å². The van der Waals surface area contributed by atoms with Gasteiger partial charge < -0.3 is 10.6 Å². The first-order valence-corrected chi connectivity index (χ1v) is 9.30. The molecule has 0 spiro atoms. The van der Waals surface area contributed by atoms with Crippen molar-refractivity contribution in [2.45, 2.75) is 12.8 Å². The standard InChI is InChI=1S/C17H17Cl2N3OS.2ClH/c18-12-1-2-14(15(19)7-12)17-22-13(10-24-17)8-16(23)21-9-11-3-5-20-6-4-11;;/h1-3,7,10,20H,4-6,8-9H2,(H,21,23);2*1H. The quantitative estimate of drug-likeness (QED) is 0.652. The number of carbonyl (C=O) groups excluding carboxylic acids is 1. The lowest BCUT2D eigenvalue weighted by Gasteiger charge is -2.14. The molecule has 2 heterocycles. The van der Waals surface area contributed by atoms with Crippen LogP contribution in [0.1, 0.15) is 12.1 Å². The summed E-state index contributed by atoms with van der Waals surface area (Å²) in [6, 6.07) is 5.32. The zero-order chi connectivity index (χ0) is 16.9. The zero-order valence-corrected chi connectivity index (χ0v) is 17.7. The molecule has 1 amide bonds. The number of aromatic nitrogens is 1. The normalized spacial score (nSPS) is 13.2. The van der Waals surface area contributed by atoms with E-state index in [9.17, 15) is 4.79 Å². The van der Waals surface area contributed by atoms with E-state index in [0.29, 0.717) is 16.6 Å². The van der Waals surface area contributed by atoms with Gasteiger partial charge in [0.15, 0.2) is 0 Å². The molecule has 0 aliphatic carbocycles. The van der Waals surface area contributed by atoms with Crippen molar-refractivity contribution in [1.29, 1.82) is 0 Å². The maximum absolute atomic E-state index is 12.1. The van der Waals surface area contributed by atoms with Crippen LogP contribution in [-0.2, 0) is 11.2 Å². The molecule has 1 aromatic carbocycles.